The smallest absolute Gasteiger partial charge is 0.0747 e. The van der Waals surface area contributed by atoms with Gasteiger partial charge in [0.2, 0.25) is 0 Å². The molecule has 0 radical (unpaired) electrons. The van der Waals surface area contributed by atoms with E-state index >= 15 is 0 Å². The first-order chi connectivity index (χ1) is 8.70. The molecule has 94 valence electrons. The van der Waals surface area contributed by atoms with E-state index < -0.39 is 0 Å². The van der Waals surface area contributed by atoms with Crippen molar-refractivity contribution in [1.29, 1.82) is 0 Å². The van der Waals surface area contributed by atoms with Crippen LogP contribution in [0, 0.1) is 6.92 Å². The van der Waals surface area contributed by atoms with Gasteiger partial charge in [-0.25, -0.2) is 0 Å². The van der Waals surface area contributed by atoms with Gasteiger partial charge in [0, 0.05) is 10.7 Å². The minimum atomic E-state index is -0.121. The predicted octanol–water partition coefficient (Wildman–Crippen LogP) is 3.79. The minimum absolute atomic E-state index is 0.0391. The molecule has 2 N–H and O–H groups in total. The number of nitrogens with one attached hydrogen (secondary N) is 1. The first-order valence-corrected chi connectivity index (χ1v) is 6.27. The Kier molecular flexibility index (Phi) is 4.24. The molecule has 18 heavy (non-hydrogen) atoms. The van der Waals surface area contributed by atoms with Gasteiger partial charge in [-0.15, -0.1) is 0 Å². The van der Waals surface area contributed by atoms with Gasteiger partial charge in [-0.3, -0.25) is 0 Å². The Morgan fingerprint density at radius 3 is 2.61 bits per heavy atom. The highest BCUT2D eigenvalue weighted by Gasteiger charge is 2.12. The molecule has 0 spiro atoms. The minimum Gasteiger partial charge on any atom is -0.394 e. The van der Waals surface area contributed by atoms with Crippen molar-refractivity contribution in [2.45, 2.75) is 13.0 Å². The van der Waals surface area contributed by atoms with Crippen molar-refractivity contribution in [3.8, 4) is 0 Å². The summed E-state index contributed by atoms with van der Waals surface area (Å²) in [6.07, 6.45) is 0. The summed E-state index contributed by atoms with van der Waals surface area (Å²) in [6.45, 7) is 2.08. The van der Waals surface area contributed by atoms with Crippen LogP contribution in [0.5, 0.6) is 0 Å². The quantitative estimate of drug-likeness (QED) is 0.878. The van der Waals surface area contributed by atoms with E-state index in [1.807, 2.05) is 55.5 Å². The van der Waals surface area contributed by atoms with Crippen LogP contribution in [0.25, 0.3) is 0 Å². The number of anilines is 1. The first-order valence-electron chi connectivity index (χ1n) is 5.89. The van der Waals surface area contributed by atoms with Crippen molar-refractivity contribution < 1.29 is 5.11 Å². The molecule has 2 aromatic carbocycles. The Balaban J connectivity index is 2.23. The Morgan fingerprint density at radius 1 is 1.17 bits per heavy atom. The number of hydrogen-bond donors (Lipinski definition) is 2. The van der Waals surface area contributed by atoms with Crippen LogP contribution in [0.2, 0.25) is 5.02 Å². The number of aliphatic hydroxyl groups excluding tert-OH is 1. The lowest BCUT2D eigenvalue weighted by Crippen LogP contribution is -2.15. The lowest BCUT2D eigenvalue weighted by molar-refractivity contribution is 0.276. The van der Waals surface area contributed by atoms with Crippen molar-refractivity contribution in [2.75, 3.05) is 11.9 Å². The van der Waals surface area contributed by atoms with Crippen molar-refractivity contribution in [3.05, 3.63) is 64.7 Å². The van der Waals surface area contributed by atoms with Crippen molar-refractivity contribution in [1.82, 2.24) is 0 Å². The van der Waals surface area contributed by atoms with Gasteiger partial charge < -0.3 is 10.4 Å². The standard InChI is InChI=1S/C15H16ClNO/c1-11-5-2-3-8-14(11)15(10-18)17-13-7-4-6-12(16)9-13/h2-9,15,17-18H,10H2,1H3. The van der Waals surface area contributed by atoms with Gasteiger partial charge in [0.15, 0.2) is 0 Å². The van der Waals surface area contributed by atoms with Crippen molar-refractivity contribution in [2.24, 2.45) is 0 Å². The Bertz CT molecular complexity index is 527. The Morgan fingerprint density at radius 2 is 1.94 bits per heavy atom. The average Bonchev–Trinajstić information content (AvgIpc) is 2.37. The van der Waals surface area contributed by atoms with E-state index in [0.717, 1.165) is 16.8 Å². The maximum atomic E-state index is 9.54. The maximum Gasteiger partial charge on any atom is 0.0747 e. The lowest BCUT2D eigenvalue weighted by atomic mass is 10.0. The molecule has 0 amide bonds. The van der Waals surface area contributed by atoms with E-state index in [4.69, 9.17) is 11.6 Å². The second-order valence-corrected chi connectivity index (χ2v) is 4.68. The zero-order chi connectivity index (χ0) is 13.0. The van der Waals surface area contributed by atoms with E-state index in [2.05, 4.69) is 5.32 Å². The number of hydrogen-bond acceptors (Lipinski definition) is 2. The molecule has 2 rings (SSSR count). The number of aryl methyl sites for hydroxylation is 1. The van der Waals surface area contributed by atoms with E-state index in [9.17, 15) is 5.11 Å². The fourth-order valence-corrected chi connectivity index (χ4v) is 2.17. The molecule has 0 aromatic heterocycles. The third-order valence-electron chi connectivity index (χ3n) is 2.91. The molecule has 0 aliphatic rings. The fraction of sp³-hybridized carbons (Fsp3) is 0.200. The molecule has 1 atom stereocenters. The molecule has 1 unspecified atom stereocenters. The summed E-state index contributed by atoms with van der Waals surface area (Å²) in [5.74, 6) is 0. The average molecular weight is 262 g/mol. The summed E-state index contributed by atoms with van der Waals surface area (Å²) < 4.78 is 0. The lowest BCUT2D eigenvalue weighted by Gasteiger charge is -2.20. The highest BCUT2D eigenvalue weighted by Crippen LogP contribution is 2.23. The predicted molar refractivity (Wildman–Crippen MR) is 76.1 cm³/mol. The Labute approximate surface area is 112 Å². The molecule has 0 aliphatic heterocycles. The van der Waals surface area contributed by atoms with Gasteiger partial charge in [-0.1, -0.05) is 41.9 Å². The molecular formula is C15H16ClNO. The summed E-state index contributed by atoms with van der Waals surface area (Å²) in [5, 5.41) is 13.5. The van der Waals surface area contributed by atoms with Gasteiger partial charge in [0.25, 0.3) is 0 Å². The van der Waals surface area contributed by atoms with Crippen LogP contribution in [-0.4, -0.2) is 11.7 Å². The first kappa shape index (κ1) is 12.9. The van der Waals surface area contributed by atoms with Gasteiger partial charge in [0.05, 0.1) is 12.6 Å². The number of benzene rings is 2. The van der Waals surface area contributed by atoms with Gasteiger partial charge in [-0.05, 0) is 36.2 Å². The molecule has 2 nitrogen and oxygen atoms in total. The monoisotopic (exact) mass is 261 g/mol. The molecule has 0 bridgehead atoms. The maximum absolute atomic E-state index is 9.54. The third kappa shape index (κ3) is 3.03. The zero-order valence-electron chi connectivity index (χ0n) is 10.2. The van der Waals surface area contributed by atoms with E-state index in [-0.39, 0.29) is 12.6 Å². The number of aliphatic hydroxyl groups is 1. The van der Waals surface area contributed by atoms with Crippen LogP contribution in [0.3, 0.4) is 0 Å². The zero-order valence-corrected chi connectivity index (χ0v) is 11.0. The SMILES string of the molecule is Cc1ccccc1C(CO)Nc1cccc(Cl)c1. The largest absolute Gasteiger partial charge is 0.394 e. The van der Waals surface area contributed by atoms with Crippen molar-refractivity contribution >= 4 is 17.3 Å². The van der Waals surface area contributed by atoms with Crippen LogP contribution in [0.1, 0.15) is 17.2 Å². The molecule has 2 aromatic rings. The summed E-state index contributed by atoms with van der Waals surface area (Å²) >= 11 is 5.95. The van der Waals surface area contributed by atoms with Crippen LogP contribution in [-0.2, 0) is 0 Å². The second kappa shape index (κ2) is 5.89. The van der Waals surface area contributed by atoms with Crippen LogP contribution in [0.4, 0.5) is 5.69 Å². The molecule has 0 heterocycles. The number of rotatable bonds is 4. The van der Waals surface area contributed by atoms with Gasteiger partial charge in [0.1, 0.15) is 0 Å². The third-order valence-corrected chi connectivity index (χ3v) is 3.15. The van der Waals surface area contributed by atoms with Gasteiger partial charge >= 0.3 is 0 Å². The molecule has 0 aliphatic carbocycles. The Hall–Kier alpha value is -1.51. The van der Waals surface area contributed by atoms with Gasteiger partial charge in [-0.2, -0.15) is 0 Å². The van der Waals surface area contributed by atoms with E-state index in [1.165, 1.54) is 0 Å². The molecule has 0 saturated carbocycles. The fourth-order valence-electron chi connectivity index (χ4n) is 1.98. The molecule has 0 fully saturated rings. The topological polar surface area (TPSA) is 32.3 Å². The number of halogens is 1. The van der Waals surface area contributed by atoms with E-state index in [0.29, 0.717) is 5.02 Å². The highest BCUT2D eigenvalue weighted by atomic mass is 35.5. The second-order valence-electron chi connectivity index (χ2n) is 4.25. The molecule has 3 heteroatoms. The summed E-state index contributed by atoms with van der Waals surface area (Å²) in [5.41, 5.74) is 3.16. The molecular weight excluding hydrogens is 246 g/mol. The van der Waals surface area contributed by atoms with Crippen molar-refractivity contribution in [3.63, 3.8) is 0 Å². The van der Waals surface area contributed by atoms with Crippen LogP contribution in [0.15, 0.2) is 48.5 Å². The van der Waals surface area contributed by atoms with E-state index in [1.54, 1.807) is 0 Å². The van der Waals surface area contributed by atoms with Crippen LogP contribution >= 0.6 is 11.6 Å². The molecule has 0 saturated heterocycles. The van der Waals surface area contributed by atoms with Crippen LogP contribution < -0.4 is 5.32 Å². The highest BCUT2D eigenvalue weighted by molar-refractivity contribution is 6.30. The normalized spacial score (nSPS) is 12.2. The summed E-state index contributed by atoms with van der Waals surface area (Å²) in [6, 6.07) is 15.4. The summed E-state index contributed by atoms with van der Waals surface area (Å²) in [4.78, 5) is 0. The summed E-state index contributed by atoms with van der Waals surface area (Å²) in [7, 11) is 0.